The SMILES string of the molecule is [CH3-].c1ccc(-c2cccnc2-n2cnc3ccccc32)cc1. The molecule has 2 aromatic carbocycles. The van der Waals surface area contributed by atoms with E-state index in [2.05, 4.69) is 34.2 Å². The van der Waals surface area contributed by atoms with E-state index in [1.165, 1.54) is 0 Å². The normalized spacial score (nSPS) is 10.4. The molecule has 0 amide bonds. The van der Waals surface area contributed by atoms with E-state index in [1.54, 1.807) is 0 Å². The third-order valence-electron chi connectivity index (χ3n) is 3.55. The highest BCUT2D eigenvalue weighted by molar-refractivity contribution is 5.80. The molecular formula is C19H16N3-. The molecule has 0 N–H and O–H groups in total. The Labute approximate surface area is 129 Å². The van der Waals surface area contributed by atoms with E-state index in [-0.39, 0.29) is 7.43 Å². The molecule has 108 valence electrons. The number of fused-ring (bicyclic) bond motifs is 1. The lowest BCUT2D eigenvalue weighted by Crippen LogP contribution is -1.98. The summed E-state index contributed by atoms with van der Waals surface area (Å²) in [5, 5.41) is 0. The third kappa shape index (κ3) is 2.27. The molecule has 0 atom stereocenters. The van der Waals surface area contributed by atoms with Gasteiger partial charge >= 0.3 is 0 Å². The Balaban J connectivity index is 0.00000144. The predicted octanol–water partition coefficient (Wildman–Crippen LogP) is 4.54. The molecule has 2 heterocycles. The molecular weight excluding hydrogens is 270 g/mol. The molecule has 3 nitrogen and oxygen atoms in total. The molecule has 4 aromatic rings. The molecule has 0 aliphatic carbocycles. The lowest BCUT2D eigenvalue weighted by Gasteiger charge is -2.10. The fourth-order valence-corrected chi connectivity index (χ4v) is 2.56. The highest BCUT2D eigenvalue weighted by Crippen LogP contribution is 2.27. The van der Waals surface area contributed by atoms with Crippen LogP contribution in [0, 0.1) is 7.43 Å². The average Bonchev–Trinajstić information content (AvgIpc) is 3.00. The van der Waals surface area contributed by atoms with Gasteiger partial charge in [-0.1, -0.05) is 42.5 Å². The number of imidazole rings is 1. The summed E-state index contributed by atoms with van der Waals surface area (Å²) in [4.78, 5) is 9.02. The lowest BCUT2D eigenvalue weighted by molar-refractivity contribution is 1.02. The number of rotatable bonds is 2. The number of benzene rings is 2. The monoisotopic (exact) mass is 286 g/mol. The van der Waals surface area contributed by atoms with E-state index in [0.717, 1.165) is 28.0 Å². The van der Waals surface area contributed by atoms with Gasteiger partial charge in [-0.2, -0.15) is 0 Å². The second-order valence-electron chi connectivity index (χ2n) is 4.84. The highest BCUT2D eigenvalue weighted by atomic mass is 15.1. The third-order valence-corrected chi connectivity index (χ3v) is 3.55. The number of aromatic nitrogens is 3. The van der Waals surface area contributed by atoms with Crippen molar-refractivity contribution in [3.63, 3.8) is 0 Å². The Hall–Kier alpha value is -2.94. The predicted molar refractivity (Wildman–Crippen MR) is 90.7 cm³/mol. The summed E-state index contributed by atoms with van der Waals surface area (Å²) in [5.74, 6) is 0.900. The number of nitrogens with zero attached hydrogens (tertiary/aromatic N) is 3. The zero-order chi connectivity index (χ0) is 14.1. The van der Waals surface area contributed by atoms with Gasteiger partial charge in [-0.25, -0.2) is 9.97 Å². The molecule has 0 radical (unpaired) electrons. The van der Waals surface area contributed by atoms with Gasteiger partial charge in [-0.05, 0) is 29.8 Å². The van der Waals surface area contributed by atoms with Crippen molar-refractivity contribution in [2.75, 3.05) is 0 Å². The van der Waals surface area contributed by atoms with Gasteiger partial charge in [0.15, 0.2) is 0 Å². The zero-order valence-corrected chi connectivity index (χ0v) is 12.3. The maximum atomic E-state index is 4.57. The van der Waals surface area contributed by atoms with Gasteiger partial charge in [0.05, 0.1) is 11.0 Å². The first-order valence-electron chi connectivity index (χ1n) is 6.86. The minimum Gasteiger partial charge on any atom is -0.358 e. The maximum Gasteiger partial charge on any atom is 0.146 e. The minimum absolute atomic E-state index is 0. The standard InChI is InChI=1S/C18H13N3.CH3/c1-2-7-14(8-3-1)15-9-6-12-19-18(15)21-13-20-16-10-4-5-11-17(16)21;/h1-13H;1H3/q;-1. The molecule has 4 rings (SSSR count). The van der Waals surface area contributed by atoms with Gasteiger partial charge in [0.25, 0.3) is 0 Å². The second-order valence-corrected chi connectivity index (χ2v) is 4.84. The number of hydrogen-bond donors (Lipinski definition) is 0. The first kappa shape index (κ1) is 14.0. The molecule has 0 spiro atoms. The molecule has 0 fully saturated rings. The van der Waals surface area contributed by atoms with E-state index in [9.17, 15) is 0 Å². The Bertz CT molecular complexity index is 895. The molecule has 22 heavy (non-hydrogen) atoms. The summed E-state index contributed by atoms with van der Waals surface area (Å²) >= 11 is 0. The van der Waals surface area contributed by atoms with E-state index >= 15 is 0 Å². The smallest absolute Gasteiger partial charge is 0.146 e. The largest absolute Gasteiger partial charge is 0.358 e. The summed E-state index contributed by atoms with van der Waals surface area (Å²) in [6.07, 6.45) is 3.65. The van der Waals surface area contributed by atoms with Crippen LogP contribution in [0.15, 0.2) is 79.3 Å². The van der Waals surface area contributed by atoms with Crippen LogP contribution in [0.3, 0.4) is 0 Å². The average molecular weight is 286 g/mol. The topological polar surface area (TPSA) is 30.7 Å². The van der Waals surface area contributed by atoms with Gasteiger partial charge in [0.1, 0.15) is 12.1 Å². The summed E-state index contributed by atoms with van der Waals surface area (Å²) < 4.78 is 2.04. The minimum atomic E-state index is 0. The van der Waals surface area contributed by atoms with Crippen LogP contribution in [0.25, 0.3) is 28.0 Å². The van der Waals surface area contributed by atoms with Crippen molar-refractivity contribution in [1.29, 1.82) is 0 Å². The van der Waals surface area contributed by atoms with Gasteiger partial charge in [0, 0.05) is 11.8 Å². The first-order chi connectivity index (χ1) is 10.4. The Kier molecular flexibility index (Phi) is 3.71. The van der Waals surface area contributed by atoms with Crippen LogP contribution in [0.5, 0.6) is 0 Å². The molecule has 0 saturated heterocycles. The van der Waals surface area contributed by atoms with Crippen molar-refractivity contribution in [3.8, 4) is 16.9 Å². The Morgan fingerprint density at radius 3 is 2.36 bits per heavy atom. The van der Waals surface area contributed by atoms with Crippen LogP contribution in [-0.4, -0.2) is 14.5 Å². The van der Waals surface area contributed by atoms with Crippen molar-refractivity contribution in [2.24, 2.45) is 0 Å². The van der Waals surface area contributed by atoms with Crippen LogP contribution in [-0.2, 0) is 0 Å². The van der Waals surface area contributed by atoms with Crippen LogP contribution < -0.4 is 0 Å². The molecule has 3 heteroatoms. The highest BCUT2D eigenvalue weighted by Gasteiger charge is 2.10. The van der Waals surface area contributed by atoms with E-state index in [4.69, 9.17) is 0 Å². The van der Waals surface area contributed by atoms with Crippen molar-refractivity contribution in [2.45, 2.75) is 0 Å². The van der Waals surface area contributed by atoms with Gasteiger partial charge in [-0.3, -0.25) is 4.57 Å². The van der Waals surface area contributed by atoms with Crippen LogP contribution >= 0.6 is 0 Å². The summed E-state index contributed by atoms with van der Waals surface area (Å²) in [7, 11) is 0. The molecule has 0 aliphatic heterocycles. The quantitative estimate of drug-likeness (QED) is 0.507. The van der Waals surface area contributed by atoms with Crippen molar-refractivity contribution in [3.05, 3.63) is 86.7 Å². The van der Waals surface area contributed by atoms with E-state index in [0.29, 0.717) is 0 Å². The molecule has 0 saturated carbocycles. The summed E-state index contributed by atoms with van der Waals surface area (Å²) in [6.45, 7) is 0. The number of pyridine rings is 1. The number of para-hydroxylation sites is 2. The van der Waals surface area contributed by atoms with E-state index in [1.807, 2.05) is 59.6 Å². The Morgan fingerprint density at radius 1 is 0.727 bits per heavy atom. The first-order valence-corrected chi connectivity index (χ1v) is 6.86. The van der Waals surface area contributed by atoms with E-state index < -0.39 is 0 Å². The van der Waals surface area contributed by atoms with Gasteiger partial charge in [-0.15, -0.1) is 0 Å². The molecule has 2 aromatic heterocycles. The fourth-order valence-electron chi connectivity index (χ4n) is 2.56. The lowest BCUT2D eigenvalue weighted by atomic mass is 10.1. The van der Waals surface area contributed by atoms with Crippen LogP contribution in [0.2, 0.25) is 0 Å². The van der Waals surface area contributed by atoms with Crippen LogP contribution in [0.1, 0.15) is 0 Å². The molecule has 0 aliphatic rings. The molecule has 0 bridgehead atoms. The van der Waals surface area contributed by atoms with Crippen molar-refractivity contribution < 1.29 is 0 Å². The number of hydrogen-bond acceptors (Lipinski definition) is 2. The Morgan fingerprint density at radius 2 is 1.50 bits per heavy atom. The van der Waals surface area contributed by atoms with Gasteiger partial charge in [0.2, 0.25) is 0 Å². The van der Waals surface area contributed by atoms with Gasteiger partial charge < -0.3 is 7.43 Å². The van der Waals surface area contributed by atoms with Crippen LogP contribution in [0.4, 0.5) is 0 Å². The zero-order valence-electron chi connectivity index (χ0n) is 12.3. The maximum absolute atomic E-state index is 4.57. The van der Waals surface area contributed by atoms with Crippen molar-refractivity contribution >= 4 is 11.0 Å². The summed E-state index contributed by atoms with van der Waals surface area (Å²) in [6, 6.07) is 22.4. The molecule has 0 unspecified atom stereocenters. The fraction of sp³-hybridized carbons (Fsp3) is 0. The summed E-state index contributed by atoms with van der Waals surface area (Å²) in [5.41, 5.74) is 4.29. The second kappa shape index (κ2) is 5.82. The van der Waals surface area contributed by atoms with Crippen molar-refractivity contribution in [1.82, 2.24) is 14.5 Å².